The zero-order valence-corrected chi connectivity index (χ0v) is 9.24. The van der Waals surface area contributed by atoms with Gasteiger partial charge in [0.1, 0.15) is 5.84 Å². The Morgan fingerprint density at radius 2 is 2.29 bits per heavy atom. The number of hydrogen-bond acceptors (Lipinski definition) is 3. The molecule has 0 bridgehead atoms. The summed E-state index contributed by atoms with van der Waals surface area (Å²) in [5.41, 5.74) is 7.27. The third-order valence-corrected chi connectivity index (χ3v) is 2.80. The van der Waals surface area contributed by atoms with Gasteiger partial charge in [-0.1, -0.05) is 13.0 Å². The molecule has 0 saturated heterocycles. The van der Waals surface area contributed by atoms with E-state index >= 15 is 0 Å². The van der Waals surface area contributed by atoms with Crippen LogP contribution in [0.5, 0.6) is 0 Å². The molecule has 76 valence electrons. The first-order valence-electron chi connectivity index (χ1n) is 4.48. The first-order chi connectivity index (χ1) is 6.70. The van der Waals surface area contributed by atoms with Gasteiger partial charge in [-0.05, 0) is 17.9 Å². The fourth-order valence-electron chi connectivity index (χ4n) is 1.29. The van der Waals surface area contributed by atoms with Gasteiger partial charge in [-0.2, -0.15) is 0 Å². The van der Waals surface area contributed by atoms with Crippen molar-refractivity contribution in [2.45, 2.75) is 11.8 Å². The molecule has 0 amide bonds. The van der Waals surface area contributed by atoms with Gasteiger partial charge in [0.15, 0.2) is 0 Å². The summed E-state index contributed by atoms with van der Waals surface area (Å²) in [7, 11) is 1.84. The van der Waals surface area contributed by atoms with Crippen LogP contribution >= 0.6 is 11.8 Å². The van der Waals surface area contributed by atoms with E-state index in [0.29, 0.717) is 0 Å². The van der Waals surface area contributed by atoms with Crippen molar-refractivity contribution < 1.29 is 0 Å². The van der Waals surface area contributed by atoms with Crippen molar-refractivity contribution in [3.8, 4) is 0 Å². The molecule has 0 aromatic heterocycles. The maximum absolute atomic E-state index is 7.52. The van der Waals surface area contributed by atoms with Crippen LogP contribution in [0.3, 0.4) is 0 Å². The number of nitrogens with one attached hydrogen (secondary N) is 2. The number of amidine groups is 1. The standard InChI is InChI=1S/C10H15N3S/c1-3-14-8-6-4-5-7(13-2)9(8)10(11)12/h4-6,13H,3H2,1-2H3,(H3,11,12). The molecule has 0 unspecified atom stereocenters. The van der Waals surface area contributed by atoms with Gasteiger partial charge < -0.3 is 11.1 Å². The highest BCUT2D eigenvalue weighted by atomic mass is 32.2. The van der Waals surface area contributed by atoms with Crippen molar-refractivity contribution in [1.29, 1.82) is 5.41 Å². The minimum absolute atomic E-state index is 0.117. The Kier molecular flexibility index (Phi) is 3.83. The van der Waals surface area contributed by atoms with Gasteiger partial charge in [0.25, 0.3) is 0 Å². The highest BCUT2D eigenvalue weighted by molar-refractivity contribution is 7.99. The van der Waals surface area contributed by atoms with E-state index in [9.17, 15) is 0 Å². The number of rotatable bonds is 4. The van der Waals surface area contributed by atoms with Crippen molar-refractivity contribution in [2.75, 3.05) is 18.1 Å². The smallest absolute Gasteiger partial charge is 0.126 e. The second-order valence-corrected chi connectivity index (χ2v) is 4.08. The van der Waals surface area contributed by atoms with Crippen molar-refractivity contribution in [3.63, 3.8) is 0 Å². The maximum atomic E-state index is 7.52. The summed E-state index contributed by atoms with van der Waals surface area (Å²) < 4.78 is 0. The lowest BCUT2D eigenvalue weighted by Gasteiger charge is -2.11. The van der Waals surface area contributed by atoms with Crippen LogP contribution in [0.4, 0.5) is 5.69 Å². The van der Waals surface area contributed by atoms with Gasteiger partial charge in [-0.15, -0.1) is 11.8 Å². The number of nitrogen functional groups attached to an aromatic ring is 1. The number of hydrogen-bond donors (Lipinski definition) is 3. The van der Waals surface area contributed by atoms with E-state index in [1.165, 1.54) is 0 Å². The third kappa shape index (κ3) is 2.20. The molecular weight excluding hydrogens is 194 g/mol. The quantitative estimate of drug-likeness (QED) is 0.404. The first kappa shape index (κ1) is 10.9. The second-order valence-electron chi connectivity index (χ2n) is 2.78. The summed E-state index contributed by atoms with van der Waals surface area (Å²) >= 11 is 1.70. The second kappa shape index (κ2) is 4.91. The van der Waals surface area contributed by atoms with Crippen LogP contribution < -0.4 is 11.1 Å². The lowest BCUT2D eigenvalue weighted by molar-refractivity contribution is 1.32. The predicted molar refractivity (Wildman–Crippen MR) is 63.4 cm³/mol. The molecule has 0 fully saturated rings. The highest BCUT2D eigenvalue weighted by Crippen LogP contribution is 2.27. The van der Waals surface area contributed by atoms with E-state index in [-0.39, 0.29) is 5.84 Å². The topological polar surface area (TPSA) is 61.9 Å². The van der Waals surface area contributed by atoms with Crippen molar-refractivity contribution in [2.24, 2.45) is 5.73 Å². The van der Waals surface area contributed by atoms with Crippen molar-refractivity contribution in [1.82, 2.24) is 0 Å². The molecule has 14 heavy (non-hydrogen) atoms. The van der Waals surface area contributed by atoms with Crippen molar-refractivity contribution in [3.05, 3.63) is 23.8 Å². The molecular formula is C10H15N3S. The summed E-state index contributed by atoms with van der Waals surface area (Å²) in [6.07, 6.45) is 0. The number of nitrogens with two attached hydrogens (primary N) is 1. The molecule has 4 heteroatoms. The Hall–Kier alpha value is -1.16. The summed E-state index contributed by atoms with van der Waals surface area (Å²) in [6.45, 7) is 2.08. The normalized spacial score (nSPS) is 9.86. The van der Waals surface area contributed by atoms with Crippen LogP contribution in [-0.2, 0) is 0 Å². The van der Waals surface area contributed by atoms with E-state index < -0.39 is 0 Å². The van der Waals surface area contributed by atoms with Gasteiger partial charge in [0.2, 0.25) is 0 Å². The predicted octanol–water partition coefficient (Wildman–Crippen LogP) is 2.12. The molecule has 4 N–H and O–H groups in total. The molecule has 1 rings (SSSR count). The summed E-state index contributed by atoms with van der Waals surface area (Å²) in [5.74, 6) is 1.10. The molecule has 0 aliphatic rings. The van der Waals surface area contributed by atoms with Crippen LogP contribution in [0.15, 0.2) is 23.1 Å². The summed E-state index contributed by atoms with van der Waals surface area (Å²) in [6, 6.07) is 5.89. The lowest BCUT2D eigenvalue weighted by atomic mass is 10.1. The zero-order chi connectivity index (χ0) is 10.6. The molecule has 1 aromatic carbocycles. The van der Waals surface area contributed by atoms with Gasteiger partial charge in [-0.25, -0.2) is 0 Å². The largest absolute Gasteiger partial charge is 0.387 e. The molecule has 0 aliphatic carbocycles. The number of thioether (sulfide) groups is 1. The van der Waals surface area contributed by atoms with E-state index in [0.717, 1.165) is 21.9 Å². The molecule has 3 nitrogen and oxygen atoms in total. The van der Waals surface area contributed by atoms with E-state index in [1.807, 2.05) is 25.2 Å². The average molecular weight is 209 g/mol. The molecule has 0 saturated carbocycles. The minimum atomic E-state index is 0.117. The molecule has 0 heterocycles. The monoisotopic (exact) mass is 209 g/mol. The summed E-state index contributed by atoms with van der Waals surface area (Å²) in [5, 5.41) is 10.6. The zero-order valence-electron chi connectivity index (χ0n) is 8.42. The molecule has 1 aromatic rings. The fourth-order valence-corrected chi connectivity index (χ4v) is 2.14. The Labute approximate surface area is 88.6 Å². The first-order valence-corrected chi connectivity index (χ1v) is 5.47. The molecule has 0 atom stereocenters. The van der Waals surface area contributed by atoms with Crippen LogP contribution in [0.25, 0.3) is 0 Å². The van der Waals surface area contributed by atoms with Gasteiger partial charge >= 0.3 is 0 Å². The number of anilines is 1. The van der Waals surface area contributed by atoms with E-state index in [1.54, 1.807) is 11.8 Å². The van der Waals surface area contributed by atoms with Gasteiger partial charge in [0.05, 0.1) is 5.56 Å². The Balaban J connectivity index is 3.20. The Morgan fingerprint density at radius 1 is 1.57 bits per heavy atom. The Morgan fingerprint density at radius 3 is 2.79 bits per heavy atom. The van der Waals surface area contributed by atoms with Crippen molar-refractivity contribution >= 4 is 23.3 Å². The van der Waals surface area contributed by atoms with Crippen LogP contribution in [-0.4, -0.2) is 18.6 Å². The highest BCUT2D eigenvalue weighted by Gasteiger charge is 2.09. The van der Waals surface area contributed by atoms with Gasteiger partial charge in [0, 0.05) is 17.6 Å². The van der Waals surface area contributed by atoms with Crippen LogP contribution in [0.1, 0.15) is 12.5 Å². The van der Waals surface area contributed by atoms with Crippen LogP contribution in [0, 0.1) is 5.41 Å². The third-order valence-electron chi connectivity index (χ3n) is 1.86. The molecule has 0 spiro atoms. The summed E-state index contributed by atoms with van der Waals surface area (Å²) in [4.78, 5) is 1.06. The fraction of sp³-hybridized carbons (Fsp3) is 0.300. The SMILES string of the molecule is CCSc1cccc(NC)c1C(=N)N. The molecule has 0 aliphatic heterocycles. The van der Waals surface area contributed by atoms with Crippen LogP contribution in [0.2, 0.25) is 0 Å². The average Bonchev–Trinajstić information content (AvgIpc) is 2.17. The van der Waals surface area contributed by atoms with E-state index in [4.69, 9.17) is 11.1 Å². The van der Waals surface area contributed by atoms with E-state index in [2.05, 4.69) is 12.2 Å². The molecule has 0 radical (unpaired) electrons. The Bertz CT molecular complexity index is 336. The van der Waals surface area contributed by atoms with Gasteiger partial charge in [-0.3, -0.25) is 5.41 Å². The lowest BCUT2D eigenvalue weighted by Crippen LogP contribution is -2.14. The number of benzene rings is 1. The maximum Gasteiger partial charge on any atom is 0.126 e. The minimum Gasteiger partial charge on any atom is -0.387 e.